The standard InChI is InChI=1S/C26H31F3N4O4/c1-17-15-32(13-14-36-17)25(35)24-21-3-2-4-22(21)33(30-24)16-23(34)31-11-9-20(10-12-31)37-19-7-5-18(6-8-19)26(27,28)29/h5-8,17,20H,2-4,9-16H2,1H3/t17-/m0/s1. The van der Waals surface area contributed by atoms with Gasteiger partial charge < -0.3 is 19.3 Å². The number of ether oxygens (including phenoxy) is 2. The van der Waals surface area contributed by atoms with Crippen molar-refractivity contribution in [3.8, 4) is 5.75 Å². The molecule has 2 fully saturated rings. The zero-order valence-corrected chi connectivity index (χ0v) is 20.8. The van der Waals surface area contributed by atoms with Gasteiger partial charge in [0.05, 0.1) is 18.3 Å². The smallest absolute Gasteiger partial charge is 0.416 e. The first-order valence-electron chi connectivity index (χ1n) is 12.8. The van der Waals surface area contributed by atoms with E-state index in [9.17, 15) is 22.8 Å². The molecule has 1 atom stereocenters. The number of nitrogens with zero attached hydrogens (tertiary/aromatic N) is 4. The number of carbonyl (C=O) groups excluding carboxylic acids is 2. The van der Waals surface area contributed by atoms with Crippen molar-refractivity contribution in [1.29, 1.82) is 0 Å². The Hall–Kier alpha value is -3.08. The second kappa shape index (κ2) is 10.4. The van der Waals surface area contributed by atoms with Crippen LogP contribution >= 0.6 is 0 Å². The van der Waals surface area contributed by atoms with Gasteiger partial charge in [-0.25, -0.2) is 0 Å². The normalized spacial score (nSPS) is 20.7. The van der Waals surface area contributed by atoms with Crippen LogP contribution in [0.1, 0.15) is 53.5 Å². The average Bonchev–Trinajstić information content (AvgIpc) is 3.48. The minimum absolute atomic E-state index is 0.0134. The first-order chi connectivity index (χ1) is 17.7. The molecule has 0 saturated carbocycles. The Bertz CT molecular complexity index is 1140. The van der Waals surface area contributed by atoms with Crippen LogP contribution in [0.3, 0.4) is 0 Å². The average molecular weight is 521 g/mol. The first-order valence-corrected chi connectivity index (χ1v) is 12.8. The third kappa shape index (κ3) is 5.61. The maximum atomic E-state index is 13.2. The fourth-order valence-electron chi connectivity index (χ4n) is 5.33. The third-order valence-corrected chi connectivity index (χ3v) is 7.30. The fraction of sp³-hybridized carbons (Fsp3) is 0.577. The Balaban J connectivity index is 1.17. The van der Waals surface area contributed by atoms with E-state index >= 15 is 0 Å². The number of halogens is 3. The van der Waals surface area contributed by atoms with Crippen LogP contribution in [0.4, 0.5) is 13.2 Å². The third-order valence-electron chi connectivity index (χ3n) is 7.30. The topological polar surface area (TPSA) is 76.9 Å². The van der Waals surface area contributed by atoms with Crippen molar-refractivity contribution >= 4 is 11.8 Å². The van der Waals surface area contributed by atoms with E-state index in [1.165, 1.54) is 12.1 Å². The van der Waals surface area contributed by atoms with Crippen LogP contribution in [-0.4, -0.2) is 76.4 Å². The summed E-state index contributed by atoms with van der Waals surface area (Å²) in [6.07, 6.45) is -0.869. The molecule has 2 aromatic rings. The number of rotatable bonds is 5. The SMILES string of the molecule is C[C@H]1CN(C(=O)c2nn(CC(=O)N3CCC(Oc4ccc(C(F)(F)F)cc4)CC3)c3c2CCC3)CCO1. The molecule has 0 unspecified atom stereocenters. The number of alkyl halides is 3. The van der Waals surface area contributed by atoms with Crippen molar-refractivity contribution in [2.45, 2.75) is 64.0 Å². The Morgan fingerprint density at radius 1 is 1.08 bits per heavy atom. The number of fused-ring (bicyclic) bond motifs is 1. The second-order valence-electron chi connectivity index (χ2n) is 9.94. The number of hydrogen-bond acceptors (Lipinski definition) is 5. The molecular formula is C26H31F3N4O4. The van der Waals surface area contributed by atoms with E-state index in [4.69, 9.17) is 9.47 Å². The predicted octanol–water partition coefficient (Wildman–Crippen LogP) is 3.32. The molecule has 0 spiro atoms. The molecule has 3 heterocycles. The molecule has 200 valence electrons. The Morgan fingerprint density at radius 3 is 2.49 bits per heavy atom. The number of aromatic nitrogens is 2. The van der Waals surface area contributed by atoms with E-state index in [1.54, 1.807) is 14.5 Å². The van der Waals surface area contributed by atoms with Gasteiger partial charge in [-0.05, 0) is 50.5 Å². The number of likely N-dealkylation sites (tertiary alicyclic amines) is 1. The zero-order chi connectivity index (χ0) is 26.2. The molecule has 8 nitrogen and oxygen atoms in total. The molecule has 37 heavy (non-hydrogen) atoms. The summed E-state index contributed by atoms with van der Waals surface area (Å²) in [6.45, 7) is 4.58. The largest absolute Gasteiger partial charge is 0.490 e. The fourth-order valence-corrected chi connectivity index (χ4v) is 5.33. The predicted molar refractivity (Wildman–Crippen MR) is 127 cm³/mol. The van der Waals surface area contributed by atoms with Crippen molar-refractivity contribution in [2.24, 2.45) is 0 Å². The van der Waals surface area contributed by atoms with E-state index in [0.29, 0.717) is 57.1 Å². The summed E-state index contributed by atoms with van der Waals surface area (Å²) in [5.74, 6) is 0.224. The van der Waals surface area contributed by atoms with Gasteiger partial charge in [0.15, 0.2) is 5.69 Å². The molecule has 2 saturated heterocycles. The van der Waals surface area contributed by atoms with Crippen molar-refractivity contribution in [2.75, 3.05) is 32.8 Å². The van der Waals surface area contributed by atoms with E-state index in [-0.39, 0.29) is 30.6 Å². The lowest BCUT2D eigenvalue weighted by atomic mass is 10.1. The van der Waals surface area contributed by atoms with Crippen molar-refractivity contribution in [1.82, 2.24) is 19.6 Å². The molecule has 0 radical (unpaired) electrons. The summed E-state index contributed by atoms with van der Waals surface area (Å²) < 4.78 is 51.4. The Morgan fingerprint density at radius 2 is 1.81 bits per heavy atom. The minimum Gasteiger partial charge on any atom is -0.490 e. The Kier molecular flexibility index (Phi) is 7.15. The van der Waals surface area contributed by atoms with Crippen LogP contribution in [-0.2, 0) is 35.1 Å². The van der Waals surface area contributed by atoms with Gasteiger partial charge in [0.1, 0.15) is 18.4 Å². The summed E-state index contributed by atoms with van der Waals surface area (Å²) in [5.41, 5.74) is 1.67. The van der Waals surface area contributed by atoms with E-state index in [2.05, 4.69) is 5.10 Å². The zero-order valence-electron chi connectivity index (χ0n) is 20.8. The molecule has 1 aromatic heterocycles. The molecule has 11 heteroatoms. The van der Waals surface area contributed by atoms with E-state index in [1.807, 2.05) is 6.92 Å². The van der Waals surface area contributed by atoms with Gasteiger partial charge in [0, 0.05) is 50.3 Å². The molecular weight excluding hydrogens is 489 g/mol. The molecule has 1 aliphatic carbocycles. The monoisotopic (exact) mass is 520 g/mol. The lowest BCUT2D eigenvalue weighted by molar-refractivity contribution is -0.137. The number of hydrogen-bond donors (Lipinski definition) is 0. The van der Waals surface area contributed by atoms with Crippen molar-refractivity contribution < 1.29 is 32.2 Å². The number of piperidine rings is 1. The summed E-state index contributed by atoms with van der Waals surface area (Å²) in [7, 11) is 0. The summed E-state index contributed by atoms with van der Waals surface area (Å²) in [4.78, 5) is 29.8. The highest BCUT2D eigenvalue weighted by molar-refractivity contribution is 5.94. The van der Waals surface area contributed by atoms with Crippen LogP contribution < -0.4 is 4.74 Å². The minimum atomic E-state index is -4.38. The van der Waals surface area contributed by atoms with Crippen LogP contribution in [0.25, 0.3) is 0 Å². The quantitative estimate of drug-likeness (QED) is 0.605. The van der Waals surface area contributed by atoms with Gasteiger partial charge in [0.2, 0.25) is 5.91 Å². The highest BCUT2D eigenvalue weighted by Gasteiger charge is 2.33. The van der Waals surface area contributed by atoms with Crippen LogP contribution in [0, 0.1) is 0 Å². The summed E-state index contributed by atoms with van der Waals surface area (Å²) in [6, 6.07) is 4.68. The molecule has 2 aliphatic heterocycles. The lowest BCUT2D eigenvalue weighted by Crippen LogP contribution is -2.45. The molecule has 2 amide bonds. The lowest BCUT2D eigenvalue weighted by Gasteiger charge is -2.32. The second-order valence-corrected chi connectivity index (χ2v) is 9.94. The molecule has 0 N–H and O–H groups in total. The van der Waals surface area contributed by atoms with Crippen molar-refractivity contribution in [3.63, 3.8) is 0 Å². The number of benzene rings is 1. The van der Waals surface area contributed by atoms with E-state index < -0.39 is 11.7 Å². The Labute approximate surface area is 213 Å². The summed E-state index contributed by atoms with van der Waals surface area (Å²) >= 11 is 0. The van der Waals surface area contributed by atoms with E-state index in [0.717, 1.165) is 42.7 Å². The molecule has 0 bridgehead atoms. The van der Waals surface area contributed by atoms with Gasteiger partial charge in [-0.15, -0.1) is 0 Å². The van der Waals surface area contributed by atoms with Gasteiger partial charge in [-0.2, -0.15) is 18.3 Å². The van der Waals surface area contributed by atoms with Gasteiger partial charge in [0.25, 0.3) is 5.91 Å². The number of carbonyl (C=O) groups is 2. The molecule has 5 rings (SSSR count). The molecule has 3 aliphatic rings. The number of amides is 2. The summed E-state index contributed by atoms with van der Waals surface area (Å²) in [5, 5.41) is 4.59. The molecule has 1 aromatic carbocycles. The van der Waals surface area contributed by atoms with Crippen LogP contribution in [0.5, 0.6) is 5.75 Å². The number of morpholine rings is 1. The van der Waals surface area contributed by atoms with Crippen LogP contribution in [0.15, 0.2) is 24.3 Å². The van der Waals surface area contributed by atoms with Crippen LogP contribution in [0.2, 0.25) is 0 Å². The first kappa shape index (κ1) is 25.6. The van der Waals surface area contributed by atoms with Gasteiger partial charge >= 0.3 is 6.18 Å². The maximum Gasteiger partial charge on any atom is 0.416 e. The highest BCUT2D eigenvalue weighted by Crippen LogP contribution is 2.31. The maximum absolute atomic E-state index is 13.2. The van der Waals surface area contributed by atoms with Crippen molar-refractivity contribution in [3.05, 3.63) is 46.8 Å². The highest BCUT2D eigenvalue weighted by atomic mass is 19.4. The van der Waals surface area contributed by atoms with Gasteiger partial charge in [-0.3, -0.25) is 14.3 Å². The van der Waals surface area contributed by atoms with Gasteiger partial charge in [-0.1, -0.05) is 0 Å².